The summed E-state index contributed by atoms with van der Waals surface area (Å²) in [4.78, 5) is 27.3. The van der Waals surface area contributed by atoms with Crippen molar-refractivity contribution in [2.75, 3.05) is 0 Å². The van der Waals surface area contributed by atoms with Crippen LogP contribution in [0, 0.1) is 0 Å². The highest BCUT2D eigenvalue weighted by Gasteiger charge is 2.37. The Kier molecular flexibility index (Phi) is 3.30. The molecule has 1 fully saturated rings. The third-order valence-electron chi connectivity index (χ3n) is 4.83. The molecule has 2 aliphatic rings. The Morgan fingerprint density at radius 3 is 2.32 bits per heavy atom. The molecule has 1 saturated carbocycles. The first-order chi connectivity index (χ1) is 10.7. The van der Waals surface area contributed by atoms with Gasteiger partial charge in [0.2, 0.25) is 0 Å². The van der Waals surface area contributed by atoms with Crippen molar-refractivity contribution in [3.63, 3.8) is 0 Å². The highest BCUT2D eigenvalue weighted by Crippen LogP contribution is 2.36. The second kappa shape index (κ2) is 5.20. The number of hydrogen-bond acceptors (Lipinski definition) is 2. The van der Waals surface area contributed by atoms with Crippen LogP contribution in [0.3, 0.4) is 0 Å². The lowest BCUT2D eigenvalue weighted by Gasteiger charge is -2.35. The van der Waals surface area contributed by atoms with Gasteiger partial charge in [-0.2, -0.15) is 0 Å². The van der Waals surface area contributed by atoms with Crippen LogP contribution in [0.1, 0.15) is 52.8 Å². The minimum Gasteiger partial charge on any atom is -0.271 e. The zero-order valence-electron chi connectivity index (χ0n) is 12.1. The van der Waals surface area contributed by atoms with Crippen LogP contribution >= 0.6 is 15.9 Å². The van der Waals surface area contributed by atoms with Gasteiger partial charge in [-0.3, -0.25) is 14.5 Å². The average Bonchev–Trinajstić information content (AvgIpc) is 2.55. The molecule has 3 nitrogen and oxygen atoms in total. The van der Waals surface area contributed by atoms with Crippen molar-refractivity contribution >= 4 is 38.5 Å². The molecule has 0 bridgehead atoms. The van der Waals surface area contributed by atoms with Crippen LogP contribution < -0.4 is 0 Å². The van der Waals surface area contributed by atoms with Gasteiger partial charge >= 0.3 is 0 Å². The van der Waals surface area contributed by atoms with E-state index in [0.717, 1.165) is 40.9 Å². The van der Waals surface area contributed by atoms with Crippen molar-refractivity contribution in [2.45, 2.75) is 38.1 Å². The van der Waals surface area contributed by atoms with Crippen molar-refractivity contribution in [2.24, 2.45) is 0 Å². The Morgan fingerprint density at radius 1 is 0.909 bits per heavy atom. The monoisotopic (exact) mass is 357 g/mol. The molecule has 0 aromatic heterocycles. The van der Waals surface area contributed by atoms with E-state index in [1.807, 2.05) is 30.3 Å². The fourth-order valence-corrected chi connectivity index (χ4v) is 4.21. The van der Waals surface area contributed by atoms with Gasteiger partial charge in [-0.05, 0) is 36.4 Å². The number of halogens is 1. The Labute approximate surface area is 137 Å². The Bertz CT molecular complexity index is 771. The molecule has 0 N–H and O–H groups in total. The maximum Gasteiger partial charge on any atom is 0.261 e. The lowest BCUT2D eigenvalue weighted by atomic mass is 9.89. The van der Waals surface area contributed by atoms with Gasteiger partial charge in [0.15, 0.2) is 0 Å². The number of carbonyl (C=O) groups excluding carboxylic acids is 2. The van der Waals surface area contributed by atoms with E-state index >= 15 is 0 Å². The first kappa shape index (κ1) is 13.9. The fourth-order valence-electron chi connectivity index (χ4n) is 3.75. The summed E-state index contributed by atoms with van der Waals surface area (Å²) in [6.45, 7) is 0. The molecule has 1 aliphatic carbocycles. The minimum absolute atomic E-state index is 0.0563. The zero-order valence-corrected chi connectivity index (χ0v) is 13.7. The van der Waals surface area contributed by atoms with E-state index in [1.165, 1.54) is 11.3 Å². The van der Waals surface area contributed by atoms with Crippen LogP contribution in [-0.4, -0.2) is 22.8 Å². The fraction of sp³-hybridized carbons (Fsp3) is 0.333. The van der Waals surface area contributed by atoms with Crippen LogP contribution in [0.5, 0.6) is 0 Å². The number of hydrogen-bond donors (Lipinski definition) is 0. The van der Waals surface area contributed by atoms with Crippen molar-refractivity contribution in [3.8, 4) is 0 Å². The molecule has 22 heavy (non-hydrogen) atoms. The predicted octanol–water partition coefficient (Wildman–Crippen LogP) is 4.53. The van der Waals surface area contributed by atoms with Crippen molar-refractivity contribution in [1.82, 2.24) is 4.90 Å². The summed E-state index contributed by atoms with van der Waals surface area (Å²) in [5, 5.41) is 1.72. The molecule has 4 rings (SSSR count). The predicted molar refractivity (Wildman–Crippen MR) is 89.0 cm³/mol. The van der Waals surface area contributed by atoms with Crippen molar-refractivity contribution in [3.05, 3.63) is 45.9 Å². The summed E-state index contributed by atoms with van der Waals surface area (Å²) in [6, 6.07) is 9.46. The summed E-state index contributed by atoms with van der Waals surface area (Å²) in [5.74, 6) is -0.263. The standard InChI is InChI=1S/C18H16BrNO2/c19-15-10-9-14-16-12(15)7-4-8-13(16)17(21)20(18(14)22)11-5-2-1-3-6-11/h4,7-11H,1-3,5-6H2. The Balaban J connectivity index is 1.91. The number of carbonyl (C=O) groups is 2. The van der Waals surface area contributed by atoms with E-state index in [-0.39, 0.29) is 17.9 Å². The molecular weight excluding hydrogens is 342 g/mol. The summed E-state index contributed by atoms with van der Waals surface area (Å²) in [6.07, 6.45) is 5.25. The second-order valence-electron chi connectivity index (χ2n) is 6.10. The van der Waals surface area contributed by atoms with E-state index in [2.05, 4.69) is 15.9 Å². The van der Waals surface area contributed by atoms with Crippen molar-refractivity contribution < 1.29 is 9.59 Å². The summed E-state index contributed by atoms with van der Waals surface area (Å²) >= 11 is 3.51. The van der Waals surface area contributed by atoms with Gasteiger partial charge < -0.3 is 0 Å². The summed E-state index contributed by atoms with van der Waals surface area (Å²) < 4.78 is 0.916. The molecule has 0 spiro atoms. The number of nitrogens with zero attached hydrogens (tertiary/aromatic N) is 1. The molecule has 2 aromatic carbocycles. The normalized spacial score (nSPS) is 19.0. The molecule has 0 saturated heterocycles. The lowest BCUT2D eigenvalue weighted by molar-refractivity contribution is 0.0503. The third-order valence-corrected chi connectivity index (χ3v) is 5.52. The molecule has 4 heteroatoms. The summed E-state index contributed by atoms with van der Waals surface area (Å²) in [7, 11) is 0. The van der Waals surface area contributed by atoms with Gasteiger partial charge in [0.1, 0.15) is 0 Å². The van der Waals surface area contributed by atoms with Gasteiger partial charge in [0.25, 0.3) is 11.8 Å². The highest BCUT2D eigenvalue weighted by atomic mass is 79.9. The SMILES string of the molecule is O=C1c2cccc3c(Br)ccc(c23)C(=O)N1C1CCCCC1. The van der Waals surface area contributed by atoms with Crippen LogP contribution in [0.2, 0.25) is 0 Å². The average molecular weight is 358 g/mol. The largest absolute Gasteiger partial charge is 0.271 e. The van der Waals surface area contributed by atoms with E-state index in [1.54, 1.807) is 0 Å². The highest BCUT2D eigenvalue weighted by molar-refractivity contribution is 9.10. The molecule has 1 heterocycles. The van der Waals surface area contributed by atoms with Crippen molar-refractivity contribution in [1.29, 1.82) is 0 Å². The zero-order chi connectivity index (χ0) is 15.3. The van der Waals surface area contributed by atoms with Gasteiger partial charge in [0, 0.05) is 27.0 Å². The maximum absolute atomic E-state index is 12.9. The van der Waals surface area contributed by atoms with Gasteiger partial charge in [-0.1, -0.05) is 47.3 Å². The van der Waals surface area contributed by atoms with Crippen LogP contribution in [0.25, 0.3) is 10.8 Å². The van der Waals surface area contributed by atoms with E-state index < -0.39 is 0 Å². The second-order valence-corrected chi connectivity index (χ2v) is 6.95. The molecule has 1 aliphatic heterocycles. The number of benzene rings is 2. The molecular formula is C18H16BrNO2. The van der Waals surface area contributed by atoms with Crippen LogP contribution in [0.15, 0.2) is 34.8 Å². The van der Waals surface area contributed by atoms with Crippen LogP contribution in [-0.2, 0) is 0 Å². The molecule has 0 atom stereocenters. The first-order valence-corrected chi connectivity index (χ1v) is 8.57. The molecule has 0 radical (unpaired) electrons. The molecule has 112 valence electrons. The van der Waals surface area contributed by atoms with Gasteiger partial charge in [0.05, 0.1) is 0 Å². The van der Waals surface area contributed by atoms with Gasteiger partial charge in [-0.25, -0.2) is 0 Å². The Hall–Kier alpha value is -1.68. The smallest absolute Gasteiger partial charge is 0.261 e. The minimum atomic E-state index is -0.131. The van der Waals surface area contributed by atoms with Crippen LogP contribution in [0.4, 0.5) is 0 Å². The number of rotatable bonds is 1. The quantitative estimate of drug-likeness (QED) is 0.703. The molecule has 0 unspecified atom stereocenters. The molecule has 2 aromatic rings. The number of imide groups is 1. The molecule has 2 amide bonds. The maximum atomic E-state index is 12.9. The van der Waals surface area contributed by atoms with Gasteiger partial charge in [-0.15, -0.1) is 0 Å². The van der Waals surface area contributed by atoms with E-state index in [9.17, 15) is 9.59 Å². The third kappa shape index (κ3) is 1.93. The summed E-state index contributed by atoms with van der Waals surface area (Å²) in [5.41, 5.74) is 1.30. The van der Waals surface area contributed by atoms with E-state index in [0.29, 0.717) is 11.1 Å². The number of amides is 2. The Morgan fingerprint density at radius 2 is 1.59 bits per heavy atom. The topological polar surface area (TPSA) is 37.4 Å². The van der Waals surface area contributed by atoms with E-state index in [4.69, 9.17) is 0 Å². The first-order valence-electron chi connectivity index (χ1n) is 7.77. The lowest BCUT2D eigenvalue weighted by Crippen LogP contribution is -2.47.